The smallest absolute Gasteiger partial charge is 0.307 e. The maximum Gasteiger partial charge on any atom is 0.307 e. The number of carbonyl (C=O) groups is 1. The molecule has 0 bridgehead atoms. The molecule has 2 fully saturated rings. The summed E-state index contributed by atoms with van der Waals surface area (Å²) in [5.41, 5.74) is 2.18. The van der Waals surface area contributed by atoms with E-state index < -0.39 is 0 Å². The van der Waals surface area contributed by atoms with Gasteiger partial charge in [-0.1, -0.05) is 25.3 Å². The molecule has 0 unspecified atom stereocenters. The van der Waals surface area contributed by atoms with E-state index in [9.17, 15) is 4.79 Å². The quantitative estimate of drug-likeness (QED) is 0.573. The van der Waals surface area contributed by atoms with Crippen molar-refractivity contribution in [1.29, 1.82) is 0 Å². The first-order chi connectivity index (χ1) is 14.2. The summed E-state index contributed by atoms with van der Waals surface area (Å²) in [6.07, 6.45) is 10.6. The van der Waals surface area contributed by atoms with Crippen molar-refractivity contribution in [1.82, 2.24) is 19.8 Å². The lowest BCUT2D eigenvalue weighted by Gasteiger charge is -2.32. The first kappa shape index (κ1) is 19.9. The van der Waals surface area contributed by atoms with Crippen molar-refractivity contribution in [2.45, 2.75) is 56.7 Å². The molecule has 3 heterocycles. The van der Waals surface area contributed by atoms with E-state index >= 15 is 0 Å². The van der Waals surface area contributed by atoms with Crippen LogP contribution < -0.4 is 5.32 Å². The lowest BCUT2D eigenvalue weighted by atomic mass is 9.94. The third-order valence-corrected chi connectivity index (χ3v) is 6.42. The normalized spacial score (nSPS) is 22.5. The molecule has 0 radical (unpaired) electrons. The van der Waals surface area contributed by atoms with Gasteiger partial charge in [-0.3, -0.25) is 9.78 Å². The standard InChI is InChI=1S/C22H28N4O2S/c1-28-19(27)12-15-26-21(20(24-22(26)29)17-10-5-6-13-23-17)18-11-7-14-25(18)16-8-3-2-4-9-16/h5-7,10-11,13-14,16,20-21H,2-4,8-9,12,15H2,1H3,(H,24,29)/t20-,21+/m1/s1. The lowest BCUT2D eigenvalue weighted by Crippen LogP contribution is -2.33. The van der Waals surface area contributed by atoms with Crippen molar-refractivity contribution in [3.8, 4) is 0 Å². The van der Waals surface area contributed by atoms with Crippen LogP contribution >= 0.6 is 12.2 Å². The second-order valence-corrected chi connectivity index (χ2v) is 8.16. The minimum absolute atomic E-state index is 0.0148. The van der Waals surface area contributed by atoms with Gasteiger partial charge in [0.25, 0.3) is 0 Å². The molecule has 0 amide bonds. The van der Waals surface area contributed by atoms with Crippen molar-refractivity contribution < 1.29 is 9.53 Å². The molecule has 2 atom stereocenters. The highest BCUT2D eigenvalue weighted by Gasteiger charge is 2.41. The minimum Gasteiger partial charge on any atom is -0.469 e. The molecule has 1 saturated carbocycles. The zero-order valence-corrected chi connectivity index (χ0v) is 17.6. The Morgan fingerprint density at radius 2 is 2.07 bits per heavy atom. The van der Waals surface area contributed by atoms with Crippen molar-refractivity contribution >= 4 is 23.3 Å². The Labute approximate surface area is 177 Å². The number of nitrogens with zero attached hydrogens (tertiary/aromatic N) is 3. The van der Waals surface area contributed by atoms with Gasteiger partial charge in [0.15, 0.2) is 5.11 Å². The molecule has 4 rings (SSSR count). The number of thiocarbonyl (C=S) groups is 1. The fraction of sp³-hybridized carbons (Fsp3) is 0.500. The van der Waals surface area contributed by atoms with Crippen LogP contribution in [0.5, 0.6) is 0 Å². The van der Waals surface area contributed by atoms with Gasteiger partial charge >= 0.3 is 5.97 Å². The molecule has 2 aromatic rings. The first-order valence-electron chi connectivity index (χ1n) is 10.4. The Morgan fingerprint density at radius 1 is 1.24 bits per heavy atom. The van der Waals surface area contributed by atoms with Crippen molar-refractivity contribution in [2.24, 2.45) is 0 Å². The number of pyridine rings is 1. The average molecular weight is 413 g/mol. The van der Waals surface area contributed by atoms with Crippen LogP contribution in [0.25, 0.3) is 0 Å². The summed E-state index contributed by atoms with van der Waals surface area (Å²) < 4.78 is 7.29. The average Bonchev–Trinajstić information content (AvgIpc) is 3.37. The van der Waals surface area contributed by atoms with Gasteiger partial charge in [-0.25, -0.2) is 0 Å². The fourth-order valence-corrected chi connectivity index (χ4v) is 4.96. The van der Waals surface area contributed by atoms with Gasteiger partial charge in [0.1, 0.15) is 0 Å². The first-order valence-corrected chi connectivity index (χ1v) is 10.8. The molecule has 1 saturated heterocycles. The van der Waals surface area contributed by atoms with E-state index in [1.165, 1.54) is 44.9 Å². The predicted molar refractivity (Wildman–Crippen MR) is 115 cm³/mol. The predicted octanol–water partition coefficient (Wildman–Crippen LogP) is 3.92. The second-order valence-electron chi connectivity index (χ2n) is 7.78. The molecule has 154 valence electrons. The molecule has 1 aliphatic heterocycles. The van der Waals surface area contributed by atoms with Gasteiger partial charge in [0.2, 0.25) is 0 Å². The summed E-state index contributed by atoms with van der Waals surface area (Å²) in [6.45, 7) is 0.516. The van der Waals surface area contributed by atoms with Gasteiger partial charge in [-0.05, 0) is 49.3 Å². The molecular formula is C22H28N4O2S. The highest BCUT2D eigenvalue weighted by atomic mass is 32.1. The van der Waals surface area contributed by atoms with Crippen LogP contribution in [0.3, 0.4) is 0 Å². The topological polar surface area (TPSA) is 59.4 Å². The molecular weight excluding hydrogens is 384 g/mol. The van der Waals surface area contributed by atoms with Gasteiger partial charge in [-0.15, -0.1) is 0 Å². The van der Waals surface area contributed by atoms with Crippen molar-refractivity contribution in [3.63, 3.8) is 0 Å². The molecule has 2 aromatic heterocycles. The molecule has 1 aliphatic carbocycles. The zero-order valence-electron chi connectivity index (χ0n) is 16.8. The summed E-state index contributed by atoms with van der Waals surface area (Å²) in [5.74, 6) is -0.226. The molecule has 29 heavy (non-hydrogen) atoms. The van der Waals surface area contributed by atoms with Gasteiger partial charge in [0, 0.05) is 30.7 Å². The zero-order chi connectivity index (χ0) is 20.2. The Kier molecular flexibility index (Phi) is 6.13. The molecule has 0 aromatic carbocycles. The largest absolute Gasteiger partial charge is 0.469 e. The van der Waals surface area contributed by atoms with Crippen LogP contribution in [0.1, 0.15) is 68.0 Å². The van der Waals surface area contributed by atoms with Gasteiger partial charge in [0.05, 0.1) is 31.3 Å². The number of rotatable bonds is 6. The van der Waals surface area contributed by atoms with E-state index in [-0.39, 0.29) is 18.1 Å². The number of nitrogens with one attached hydrogen (secondary N) is 1. The Bertz CT molecular complexity index is 848. The van der Waals surface area contributed by atoms with E-state index in [1.807, 2.05) is 24.4 Å². The van der Waals surface area contributed by atoms with Crippen LogP contribution in [-0.4, -0.2) is 39.2 Å². The number of aromatic nitrogens is 2. The summed E-state index contributed by atoms with van der Waals surface area (Å²) in [5, 5.41) is 4.12. The molecule has 0 spiro atoms. The number of esters is 1. The Hall–Kier alpha value is -2.41. The van der Waals surface area contributed by atoms with E-state index in [1.54, 1.807) is 0 Å². The van der Waals surface area contributed by atoms with Crippen LogP contribution in [0.15, 0.2) is 42.7 Å². The van der Waals surface area contributed by atoms with E-state index in [0.29, 0.717) is 24.1 Å². The monoisotopic (exact) mass is 412 g/mol. The fourth-order valence-electron chi connectivity index (χ4n) is 4.63. The number of hydrogen-bond acceptors (Lipinski definition) is 4. The maximum absolute atomic E-state index is 11.8. The Balaban J connectivity index is 1.69. The van der Waals surface area contributed by atoms with Crippen molar-refractivity contribution in [3.05, 3.63) is 54.1 Å². The maximum atomic E-state index is 11.8. The highest BCUT2D eigenvalue weighted by Crippen LogP contribution is 2.41. The Morgan fingerprint density at radius 3 is 2.79 bits per heavy atom. The summed E-state index contributed by atoms with van der Waals surface area (Å²) in [7, 11) is 1.42. The second kappa shape index (κ2) is 8.95. The lowest BCUT2D eigenvalue weighted by molar-refractivity contribution is -0.140. The number of ether oxygens (including phenoxy) is 1. The van der Waals surface area contributed by atoms with Gasteiger partial charge in [-0.2, -0.15) is 0 Å². The van der Waals surface area contributed by atoms with Crippen molar-refractivity contribution in [2.75, 3.05) is 13.7 Å². The van der Waals surface area contributed by atoms with E-state index in [2.05, 4.69) is 38.1 Å². The molecule has 7 heteroatoms. The summed E-state index contributed by atoms with van der Waals surface area (Å²) in [6, 6.07) is 10.7. The third-order valence-electron chi connectivity index (χ3n) is 6.07. The molecule has 1 N–H and O–H groups in total. The molecule has 2 aliphatic rings. The van der Waals surface area contributed by atoms with Crippen LogP contribution in [0, 0.1) is 0 Å². The molecule has 6 nitrogen and oxygen atoms in total. The van der Waals surface area contributed by atoms with Crippen LogP contribution in [-0.2, 0) is 9.53 Å². The third kappa shape index (κ3) is 4.15. The van der Waals surface area contributed by atoms with Crippen LogP contribution in [0.2, 0.25) is 0 Å². The minimum atomic E-state index is -0.226. The van der Waals surface area contributed by atoms with Crippen LogP contribution in [0.4, 0.5) is 0 Å². The summed E-state index contributed by atoms with van der Waals surface area (Å²) in [4.78, 5) is 18.5. The van der Waals surface area contributed by atoms with E-state index in [4.69, 9.17) is 17.0 Å². The number of methoxy groups -OCH3 is 1. The highest BCUT2D eigenvalue weighted by molar-refractivity contribution is 7.80. The van der Waals surface area contributed by atoms with E-state index in [0.717, 1.165) is 5.69 Å². The SMILES string of the molecule is COC(=O)CCN1C(=S)N[C@H](c2ccccn2)[C@@H]1c1cccn1C1CCCCC1. The summed E-state index contributed by atoms with van der Waals surface area (Å²) >= 11 is 5.68. The number of carbonyl (C=O) groups excluding carboxylic acids is 1. The number of hydrogen-bond donors (Lipinski definition) is 1. The van der Waals surface area contributed by atoms with Gasteiger partial charge < -0.3 is 19.5 Å².